The number of hydrogen-bond donors (Lipinski definition) is 1. The van der Waals surface area contributed by atoms with Gasteiger partial charge in [-0.1, -0.05) is 18.2 Å². The molecule has 0 saturated carbocycles. The topological polar surface area (TPSA) is 63.2 Å². The first kappa shape index (κ1) is 14.3. The molecule has 4 nitrogen and oxygen atoms in total. The molecule has 2 heterocycles. The summed E-state index contributed by atoms with van der Waals surface area (Å²) in [7, 11) is -3.22. The summed E-state index contributed by atoms with van der Waals surface area (Å²) in [5, 5.41) is 2.95. The molecule has 6 heteroatoms. The van der Waals surface area contributed by atoms with Crippen LogP contribution in [0.2, 0.25) is 0 Å². The SMILES string of the molecule is Cc1ccc(C(=O)NC2CCS(=O)(=O)c3ccccc32)s1. The van der Waals surface area contributed by atoms with Crippen LogP contribution in [0.1, 0.15) is 32.6 Å². The van der Waals surface area contributed by atoms with Gasteiger partial charge in [0.25, 0.3) is 5.91 Å². The maximum atomic E-state index is 12.2. The van der Waals surface area contributed by atoms with Crippen molar-refractivity contribution in [2.75, 3.05) is 5.75 Å². The summed E-state index contributed by atoms with van der Waals surface area (Å²) >= 11 is 1.44. The van der Waals surface area contributed by atoms with Gasteiger partial charge >= 0.3 is 0 Å². The van der Waals surface area contributed by atoms with E-state index in [-0.39, 0.29) is 17.7 Å². The van der Waals surface area contributed by atoms with Gasteiger partial charge in [0.1, 0.15) is 0 Å². The summed E-state index contributed by atoms with van der Waals surface area (Å²) in [5.74, 6) is -0.0782. The first-order valence-corrected chi connectivity index (χ1v) is 9.13. The largest absolute Gasteiger partial charge is 0.344 e. The van der Waals surface area contributed by atoms with Gasteiger partial charge in [0, 0.05) is 4.88 Å². The Labute approximate surface area is 127 Å². The zero-order valence-corrected chi connectivity index (χ0v) is 13.1. The fraction of sp³-hybridized carbons (Fsp3) is 0.267. The van der Waals surface area contributed by atoms with Crippen LogP contribution in [0.15, 0.2) is 41.3 Å². The second-order valence-electron chi connectivity index (χ2n) is 5.08. The Kier molecular flexibility index (Phi) is 3.59. The molecular weight excluding hydrogens is 306 g/mol. The molecule has 1 amide bonds. The van der Waals surface area contributed by atoms with Gasteiger partial charge < -0.3 is 5.32 Å². The van der Waals surface area contributed by atoms with Crippen molar-refractivity contribution in [1.82, 2.24) is 5.32 Å². The van der Waals surface area contributed by atoms with E-state index in [0.29, 0.717) is 21.8 Å². The number of carbonyl (C=O) groups excluding carboxylic acids is 1. The number of aryl methyl sites for hydroxylation is 1. The molecule has 0 saturated heterocycles. The zero-order chi connectivity index (χ0) is 15.0. The second-order valence-corrected chi connectivity index (χ2v) is 8.45. The molecular formula is C15H15NO3S2. The Morgan fingerprint density at radius 3 is 2.71 bits per heavy atom. The Balaban J connectivity index is 1.89. The Bertz CT molecular complexity index is 793. The van der Waals surface area contributed by atoms with Gasteiger partial charge in [0.2, 0.25) is 0 Å². The molecule has 2 aromatic rings. The molecule has 1 aliphatic heterocycles. The average molecular weight is 321 g/mol. The molecule has 1 aromatic carbocycles. The van der Waals surface area contributed by atoms with E-state index in [4.69, 9.17) is 0 Å². The molecule has 0 radical (unpaired) electrons. The van der Waals surface area contributed by atoms with Gasteiger partial charge in [-0.15, -0.1) is 11.3 Å². The molecule has 21 heavy (non-hydrogen) atoms. The average Bonchev–Trinajstić information content (AvgIpc) is 2.89. The summed E-state index contributed by atoms with van der Waals surface area (Å²) in [6.45, 7) is 1.95. The minimum absolute atomic E-state index is 0.0679. The highest BCUT2D eigenvalue weighted by atomic mass is 32.2. The molecule has 0 fully saturated rings. The highest BCUT2D eigenvalue weighted by molar-refractivity contribution is 7.91. The maximum absolute atomic E-state index is 12.2. The second kappa shape index (κ2) is 5.27. The summed E-state index contributed by atoms with van der Waals surface area (Å²) in [6, 6.07) is 10.3. The van der Waals surface area contributed by atoms with E-state index in [2.05, 4.69) is 5.32 Å². The molecule has 1 unspecified atom stereocenters. The normalized spacial score (nSPS) is 19.8. The first-order valence-electron chi connectivity index (χ1n) is 6.66. The van der Waals surface area contributed by atoms with Gasteiger partial charge in [-0.25, -0.2) is 8.42 Å². The number of hydrogen-bond acceptors (Lipinski definition) is 4. The van der Waals surface area contributed by atoms with E-state index in [0.717, 1.165) is 4.88 Å². The lowest BCUT2D eigenvalue weighted by Crippen LogP contribution is -2.33. The minimum Gasteiger partial charge on any atom is -0.344 e. The smallest absolute Gasteiger partial charge is 0.261 e. The lowest BCUT2D eigenvalue weighted by Gasteiger charge is -2.26. The van der Waals surface area contributed by atoms with E-state index in [9.17, 15) is 13.2 Å². The van der Waals surface area contributed by atoms with Crippen LogP contribution in [0.3, 0.4) is 0 Å². The van der Waals surface area contributed by atoms with Gasteiger partial charge in [-0.3, -0.25) is 4.79 Å². The molecule has 0 bridgehead atoms. The minimum atomic E-state index is -3.22. The third-order valence-electron chi connectivity index (χ3n) is 3.57. The van der Waals surface area contributed by atoms with Gasteiger partial charge in [-0.2, -0.15) is 0 Å². The third-order valence-corrected chi connectivity index (χ3v) is 6.39. The molecule has 1 aromatic heterocycles. The first-order chi connectivity index (χ1) is 9.97. The fourth-order valence-corrected chi connectivity index (χ4v) is 4.92. The molecule has 110 valence electrons. The van der Waals surface area contributed by atoms with E-state index >= 15 is 0 Å². The Hall–Kier alpha value is -1.66. The summed E-state index contributed by atoms with van der Waals surface area (Å²) in [4.78, 5) is 14.3. The summed E-state index contributed by atoms with van der Waals surface area (Å²) in [6.07, 6.45) is 0.412. The number of rotatable bonds is 2. The number of sulfone groups is 1. The van der Waals surface area contributed by atoms with Crippen molar-refractivity contribution in [3.8, 4) is 0 Å². The van der Waals surface area contributed by atoms with E-state index in [1.54, 1.807) is 30.3 Å². The maximum Gasteiger partial charge on any atom is 0.261 e. The number of amides is 1. The third kappa shape index (κ3) is 2.73. The number of thiophene rings is 1. The number of carbonyl (C=O) groups is 1. The molecule has 3 rings (SSSR count). The van der Waals surface area contributed by atoms with Crippen LogP contribution in [-0.4, -0.2) is 20.1 Å². The predicted molar refractivity (Wildman–Crippen MR) is 82.4 cm³/mol. The highest BCUT2D eigenvalue weighted by Crippen LogP contribution is 2.32. The van der Waals surface area contributed by atoms with E-state index in [1.165, 1.54) is 11.3 Å². The van der Waals surface area contributed by atoms with Gasteiger partial charge in [0.15, 0.2) is 9.84 Å². The van der Waals surface area contributed by atoms with Gasteiger partial charge in [0.05, 0.1) is 21.6 Å². The number of benzene rings is 1. The Morgan fingerprint density at radius 2 is 2.00 bits per heavy atom. The van der Waals surface area contributed by atoms with Crippen LogP contribution >= 0.6 is 11.3 Å². The highest BCUT2D eigenvalue weighted by Gasteiger charge is 2.31. The van der Waals surface area contributed by atoms with Crippen LogP contribution in [0.25, 0.3) is 0 Å². The van der Waals surface area contributed by atoms with Crippen molar-refractivity contribution >= 4 is 27.1 Å². The van der Waals surface area contributed by atoms with E-state index in [1.807, 2.05) is 13.0 Å². The molecule has 1 N–H and O–H groups in total. The molecule has 0 aliphatic carbocycles. The Morgan fingerprint density at radius 1 is 1.24 bits per heavy atom. The molecule has 1 atom stereocenters. The van der Waals surface area contributed by atoms with Crippen molar-refractivity contribution in [2.24, 2.45) is 0 Å². The van der Waals surface area contributed by atoms with E-state index < -0.39 is 9.84 Å². The lowest BCUT2D eigenvalue weighted by molar-refractivity contribution is 0.0938. The van der Waals surface area contributed by atoms with Crippen LogP contribution in [-0.2, 0) is 9.84 Å². The quantitative estimate of drug-likeness (QED) is 0.925. The van der Waals surface area contributed by atoms with Crippen LogP contribution < -0.4 is 5.32 Å². The summed E-state index contributed by atoms with van der Waals surface area (Å²) < 4.78 is 24.1. The van der Waals surface area contributed by atoms with Crippen LogP contribution in [0, 0.1) is 6.92 Å². The monoisotopic (exact) mass is 321 g/mol. The summed E-state index contributed by atoms with van der Waals surface area (Å²) in [5.41, 5.74) is 0.686. The standard InChI is InChI=1S/C15H15NO3S2/c1-10-6-7-13(20-10)15(17)16-12-8-9-21(18,19)14-5-3-2-4-11(12)14/h2-7,12H,8-9H2,1H3,(H,16,17). The van der Waals surface area contributed by atoms with Crippen molar-refractivity contribution in [2.45, 2.75) is 24.3 Å². The van der Waals surface area contributed by atoms with Crippen molar-refractivity contribution in [3.63, 3.8) is 0 Å². The molecule has 1 aliphatic rings. The number of nitrogens with one attached hydrogen (secondary N) is 1. The van der Waals surface area contributed by atoms with Crippen molar-refractivity contribution in [3.05, 3.63) is 51.7 Å². The van der Waals surface area contributed by atoms with Crippen LogP contribution in [0.4, 0.5) is 0 Å². The predicted octanol–water partition coefficient (Wildman–Crippen LogP) is 2.71. The lowest BCUT2D eigenvalue weighted by atomic mass is 10.0. The van der Waals surface area contributed by atoms with Crippen molar-refractivity contribution < 1.29 is 13.2 Å². The van der Waals surface area contributed by atoms with Crippen molar-refractivity contribution in [1.29, 1.82) is 0 Å². The van der Waals surface area contributed by atoms with Crippen LogP contribution in [0.5, 0.6) is 0 Å². The molecule has 0 spiro atoms. The number of fused-ring (bicyclic) bond motifs is 1. The van der Waals surface area contributed by atoms with Gasteiger partial charge in [-0.05, 0) is 37.1 Å². The zero-order valence-electron chi connectivity index (χ0n) is 11.5. The fourth-order valence-electron chi connectivity index (χ4n) is 2.53.